The van der Waals surface area contributed by atoms with Gasteiger partial charge in [0, 0.05) is 24.8 Å². The van der Waals surface area contributed by atoms with Crippen molar-refractivity contribution in [3.05, 3.63) is 53.9 Å². The lowest BCUT2D eigenvalue weighted by molar-refractivity contribution is 0.581. The first-order valence-corrected chi connectivity index (χ1v) is 7.90. The van der Waals surface area contributed by atoms with Crippen LogP contribution in [0.25, 0.3) is 0 Å². The molecular weight excluding hydrogens is 284 g/mol. The van der Waals surface area contributed by atoms with Gasteiger partial charge < -0.3 is 4.98 Å². The van der Waals surface area contributed by atoms with E-state index in [1.807, 2.05) is 6.07 Å². The van der Waals surface area contributed by atoms with Gasteiger partial charge in [0.1, 0.15) is 0 Å². The molecule has 0 amide bonds. The minimum absolute atomic E-state index is 0.265. The SMILES string of the molecule is O=S(=O)(NCc1cc[nH]c1)c1ccc(CCCl)cc1. The second-order valence-corrected chi connectivity index (χ2v) is 6.27. The molecule has 2 aromatic rings. The number of aromatic nitrogens is 1. The summed E-state index contributed by atoms with van der Waals surface area (Å²) in [6.07, 6.45) is 4.25. The number of aryl methyl sites for hydroxylation is 1. The van der Waals surface area contributed by atoms with E-state index in [0.717, 1.165) is 17.5 Å². The number of benzene rings is 1. The fourth-order valence-electron chi connectivity index (χ4n) is 1.67. The zero-order chi connectivity index (χ0) is 13.7. The molecule has 2 N–H and O–H groups in total. The lowest BCUT2D eigenvalue weighted by Crippen LogP contribution is -2.23. The van der Waals surface area contributed by atoms with Gasteiger partial charge in [0.25, 0.3) is 0 Å². The van der Waals surface area contributed by atoms with Crippen LogP contribution in [0.5, 0.6) is 0 Å². The van der Waals surface area contributed by atoms with Gasteiger partial charge in [0.05, 0.1) is 4.90 Å². The third kappa shape index (κ3) is 3.83. The fraction of sp³-hybridized carbons (Fsp3) is 0.231. The second kappa shape index (κ2) is 6.23. The highest BCUT2D eigenvalue weighted by Gasteiger charge is 2.13. The molecule has 6 heteroatoms. The molecule has 0 spiro atoms. The zero-order valence-corrected chi connectivity index (χ0v) is 11.8. The summed E-state index contributed by atoms with van der Waals surface area (Å²) >= 11 is 5.64. The maximum Gasteiger partial charge on any atom is 0.240 e. The highest BCUT2D eigenvalue weighted by atomic mass is 35.5. The van der Waals surface area contributed by atoms with Gasteiger partial charge in [-0.3, -0.25) is 0 Å². The Balaban J connectivity index is 2.06. The molecule has 4 nitrogen and oxygen atoms in total. The highest BCUT2D eigenvalue weighted by molar-refractivity contribution is 7.89. The number of H-pyrrole nitrogens is 1. The molecule has 102 valence electrons. The number of halogens is 1. The van der Waals surface area contributed by atoms with Crippen LogP contribution in [-0.2, 0) is 23.0 Å². The topological polar surface area (TPSA) is 62.0 Å². The van der Waals surface area contributed by atoms with Crippen LogP contribution in [0.3, 0.4) is 0 Å². The van der Waals surface area contributed by atoms with E-state index in [1.54, 1.807) is 36.7 Å². The number of rotatable bonds is 6. The number of hydrogen-bond donors (Lipinski definition) is 2. The van der Waals surface area contributed by atoms with Crippen molar-refractivity contribution in [3.8, 4) is 0 Å². The van der Waals surface area contributed by atoms with Crippen molar-refractivity contribution in [2.45, 2.75) is 17.9 Å². The normalized spacial score (nSPS) is 11.6. The largest absolute Gasteiger partial charge is 0.367 e. The molecule has 19 heavy (non-hydrogen) atoms. The van der Waals surface area contributed by atoms with Gasteiger partial charge in [-0.1, -0.05) is 12.1 Å². The molecule has 1 heterocycles. The van der Waals surface area contributed by atoms with Crippen molar-refractivity contribution in [1.29, 1.82) is 0 Å². The standard InChI is InChI=1S/C13H15ClN2O2S/c14-7-5-11-1-3-13(4-2-11)19(17,18)16-10-12-6-8-15-9-12/h1-4,6,8-9,15-16H,5,7,10H2. The van der Waals surface area contributed by atoms with Crippen LogP contribution in [0.4, 0.5) is 0 Å². The average molecular weight is 299 g/mol. The van der Waals surface area contributed by atoms with Crippen LogP contribution in [0.1, 0.15) is 11.1 Å². The number of aromatic amines is 1. The van der Waals surface area contributed by atoms with Crippen LogP contribution in [0.2, 0.25) is 0 Å². The van der Waals surface area contributed by atoms with Crippen molar-refractivity contribution in [2.75, 3.05) is 5.88 Å². The van der Waals surface area contributed by atoms with Gasteiger partial charge in [0.15, 0.2) is 0 Å². The van der Waals surface area contributed by atoms with Crippen molar-refractivity contribution >= 4 is 21.6 Å². The summed E-state index contributed by atoms with van der Waals surface area (Å²) in [5.41, 5.74) is 1.92. The first kappa shape index (κ1) is 14.1. The van der Waals surface area contributed by atoms with E-state index in [2.05, 4.69) is 9.71 Å². The molecule has 1 aromatic carbocycles. The third-order valence-electron chi connectivity index (χ3n) is 2.75. The quantitative estimate of drug-likeness (QED) is 0.804. The first-order chi connectivity index (χ1) is 9.12. The summed E-state index contributed by atoms with van der Waals surface area (Å²) in [7, 11) is -3.46. The molecule has 0 saturated carbocycles. The Morgan fingerprint density at radius 3 is 2.42 bits per heavy atom. The number of sulfonamides is 1. The molecule has 0 aliphatic carbocycles. The van der Waals surface area contributed by atoms with E-state index in [0.29, 0.717) is 5.88 Å². The van der Waals surface area contributed by atoms with E-state index in [4.69, 9.17) is 11.6 Å². The Hall–Kier alpha value is -1.30. The lowest BCUT2D eigenvalue weighted by Gasteiger charge is -2.06. The van der Waals surface area contributed by atoms with E-state index < -0.39 is 10.0 Å². The molecule has 0 aliphatic rings. The molecule has 1 aromatic heterocycles. The minimum Gasteiger partial charge on any atom is -0.367 e. The van der Waals surface area contributed by atoms with E-state index in [9.17, 15) is 8.42 Å². The molecule has 0 aliphatic heterocycles. The first-order valence-electron chi connectivity index (χ1n) is 5.88. The maximum atomic E-state index is 12.0. The van der Waals surface area contributed by atoms with E-state index in [1.165, 1.54) is 0 Å². The summed E-state index contributed by atoms with van der Waals surface area (Å²) in [5, 5.41) is 0. The van der Waals surface area contributed by atoms with Crippen LogP contribution in [-0.4, -0.2) is 19.3 Å². The van der Waals surface area contributed by atoms with E-state index in [-0.39, 0.29) is 11.4 Å². The molecule has 0 radical (unpaired) electrons. The number of hydrogen-bond acceptors (Lipinski definition) is 2. The summed E-state index contributed by atoms with van der Waals surface area (Å²) < 4.78 is 26.7. The Labute approximate surface area is 117 Å². The summed E-state index contributed by atoms with van der Waals surface area (Å²) in [6.45, 7) is 0.273. The van der Waals surface area contributed by atoms with Gasteiger partial charge in [-0.2, -0.15) is 0 Å². The van der Waals surface area contributed by atoms with Crippen LogP contribution in [0.15, 0.2) is 47.6 Å². The van der Waals surface area contributed by atoms with Gasteiger partial charge in [-0.15, -0.1) is 11.6 Å². The Bertz CT molecular complexity index is 607. The van der Waals surface area contributed by atoms with E-state index >= 15 is 0 Å². The molecule has 0 fully saturated rings. The second-order valence-electron chi connectivity index (χ2n) is 4.13. The summed E-state index contributed by atoms with van der Waals surface area (Å²) in [6, 6.07) is 8.59. The third-order valence-corrected chi connectivity index (χ3v) is 4.35. The molecule has 0 unspecified atom stereocenters. The lowest BCUT2D eigenvalue weighted by atomic mass is 10.2. The smallest absolute Gasteiger partial charge is 0.240 e. The number of nitrogens with one attached hydrogen (secondary N) is 2. The maximum absolute atomic E-state index is 12.0. The molecular formula is C13H15ClN2O2S. The molecule has 0 bridgehead atoms. The van der Waals surface area contributed by atoms with Gasteiger partial charge >= 0.3 is 0 Å². The van der Waals surface area contributed by atoms with Gasteiger partial charge in [-0.05, 0) is 35.7 Å². The van der Waals surface area contributed by atoms with Crippen LogP contribution < -0.4 is 4.72 Å². The van der Waals surface area contributed by atoms with Crippen LogP contribution >= 0.6 is 11.6 Å². The highest BCUT2D eigenvalue weighted by Crippen LogP contribution is 2.12. The predicted octanol–water partition coefficient (Wildman–Crippen LogP) is 2.27. The van der Waals surface area contributed by atoms with Crippen molar-refractivity contribution in [1.82, 2.24) is 9.71 Å². The van der Waals surface area contributed by atoms with Crippen molar-refractivity contribution in [3.63, 3.8) is 0 Å². The molecule has 0 saturated heterocycles. The Morgan fingerprint density at radius 1 is 1.11 bits per heavy atom. The Kier molecular flexibility index (Phi) is 4.63. The fourth-order valence-corrected chi connectivity index (χ4v) is 2.91. The minimum atomic E-state index is -3.46. The molecule has 2 rings (SSSR count). The van der Waals surface area contributed by atoms with Crippen molar-refractivity contribution in [2.24, 2.45) is 0 Å². The summed E-state index contributed by atoms with van der Waals surface area (Å²) in [4.78, 5) is 3.15. The summed E-state index contributed by atoms with van der Waals surface area (Å²) in [5.74, 6) is 0.526. The average Bonchev–Trinajstić information content (AvgIpc) is 2.91. The predicted molar refractivity (Wildman–Crippen MR) is 75.7 cm³/mol. The van der Waals surface area contributed by atoms with Gasteiger partial charge in [-0.25, -0.2) is 13.1 Å². The van der Waals surface area contributed by atoms with Crippen molar-refractivity contribution < 1.29 is 8.42 Å². The van der Waals surface area contributed by atoms with Gasteiger partial charge in [0.2, 0.25) is 10.0 Å². The molecule has 0 atom stereocenters. The Morgan fingerprint density at radius 2 is 1.84 bits per heavy atom. The zero-order valence-electron chi connectivity index (χ0n) is 10.3. The number of alkyl halides is 1. The monoisotopic (exact) mass is 298 g/mol. The van der Waals surface area contributed by atoms with Crippen LogP contribution in [0, 0.1) is 0 Å².